The Labute approximate surface area is 236 Å². The maximum atomic E-state index is 12.8. The van der Waals surface area contributed by atoms with Crippen LogP contribution in [0.2, 0.25) is 0 Å². The smallest absolute Gasteiger partial charge is 0.493 e. The topological polar surface area (TPSA) is 103 Å². The van der Waals surface area contributed by atoms with Gasteiger partial charge in [0.25, 0.3) is 15.9 Å². The molecule has 182 valence electrons. The van der Waals surface area contributed by atoms with Gasteiger partial charge in [-0.3, -0.25) is 4.72 Å². The van der Waals surface area contributed by atoms with Crippen molar-refractivity contribution in [2.75, 3.05) is 39.1 Å². The van der Waals surface area contributed by atoms with E-state index in [1.54, 1.807) is 25.3 Å². The molecule has 3 rings (SSSR count). The molecule has 0 aliphatic heterocycles. The van der Waals surface area contributed by atoms with Crippen LogP contribution in [-0.2, 0) is 16.6 Å². The number of rotatable bonds is 11. The van der Waals surface area contributed by atoms with Gasteiger partial charge in [0.15, 0.2) is 11.5 Å². The number of nitrogens with one attached hydrogen (secondary N) is 1. The molecule has 0 saturated heterocycles. The quantitative estimate of drug-likeness (QED) is 0.337. The molecule has 3 aromatic rings. The van der Waals surface area contributed by atoms with E-state index in [0.29, 0.717) is 22.7 Å². The van der Waals surface area contributed by atoms with Crippen LogP contribution in [0.1, 0.15) is 11.1 Å². The summed E-state index contributed by atoms with van der Waals surface area (Å²) in [5, 5.41) is 0. The average molecular weight is 574 g/mol. The van der Waals surface area contributed by atoms with E-state index < -0.39 is 10.0 Å². The third-order valence-electron chi connectivity index (χ3n) is 4.67. The molecule has 0 spiro atoms. The van der Waals surface area contributed by atoms with Crippen molar-refractivity contribution in [2.45, 2.75) is 18.4 Å². The molecule has 1 heterocycles. The fourth-order valence-electron chi connectivity index (χ4n) is 2.84. The second-order valence-corrected chi connectivity index (χ2v) is 10.2. The number of methoxy groups -OCH3 is 1. The van der Waals surface area contributed by atoms with Gasteiger partial charge in [0.05, 0.1) is 18.2 Å². The monoisotopic (exact) mass is 573 g/mol. The number of hydrogen-bond acceptors (Lipinski definition) is 8. The predicted molar refractivity (Wildman–Crippen MR) is 133 cm³/mol. The molecule has 0 fully saturated rings. The van der Waals surface area contributed by atoms with Gasteiger partial charge in [0.2, 0.25) is 5.82 Å². The van der Waals surface area contributed by atoms with Crippen LogP contribution in [0.25, 0.3) is 0 Å². The number of benzene rings is 2. The zero-order valence-electron chi connectivity index (χ0n) is 20.4. The van der Waals surface area contributed by atoms with Crippen LogP contribution >= 0.6 is 15.9 Å². The van der Waals surface area contributed by atoms with Gasteiger partial charge < -0.3 is 19.1 Å². The summed E-state index contributed by atoms with van der Waals surface area (Å²) < 4.78 is 45.5. The molecule has 0 unspecified atom stereocenters. The summed E-state index contributed by atoms with van der Waals surface area (Å²) in [7, 11) is 1.64. The first kappa shape index (κ1) is 29.3. The maximum absolute atomic E-state index is 12.8. The molecule has 0 aliphatic rings. The molecule has 2 aromatic carbocycles. The van der Waals surface area contributed by atoms with Gasteiger partial charge in [-0.1, -0.05) is 23.8 Å². The van der Waals surface area contributed by atoms with Crippen LogP contribution in [0, 0.1) is 6.92 Å². The molecule has 9 nitrogen and oxygen atoms in total. The molecule has 0 bridgehead atoms. The molecule has 0 atom stereocenters. The van der Waals surface area contributed by atoms with E-state index in [-0.39, 0.29) is 52.8 Å². The SMILES string of the molecule is COc1ccc(COc2nc(Br)cnc2NS(=O)(=O)c2ccc(C)cc2)cc1OCCN(C)C.[Na+]. The van der Waals surface area contributed by atoms with Crippen molar-refractivity contribution < 1.29 is 52.2 Å². The number of aryl methyl sites for hydroxylation is 1. The minimum Gasteiger partial charge on any atom is -0.493 e. The fraction of sp³-hybridized carbons (Fsp3) is 0.304. The number of halogens is 1. The molecular weight excluding hydrogens is 547 g/mol. The van der Waals surface area contributed by atoms with E-state index in [0.717, 1.165) is 17.7 Å². The Morgan fingerprint density at radius 2 is 1.77 bits per heavy atom. The summed E-state index contributed by atoms with van der Waals surface area (Å²) in [4.78, 5) is 10.5. The Kier molecular flexibility index (Phi) is 11.3. The van der Waals surface area contributed by atoms with Crippen molar-refractivity contribution in [3.05, 3.63) is 64.4 Å². The molecular formula is C23H27BrN4NaO5S+. The maximum Gasteiger partial charge on any atom is 1.00 e. The summed E-state index contributed by atoms with van der Waals surface area (Å²) in [5.41, 5.74) is 1.74. The second kappa shape index (κ2) is 13.4. The minimum atomic E-state index is -3.87. The molecule has 0 saturated carbocycles. The van der Waals surface area contributed by atoms with Gasteiger partial charge in [-0.25, -0.2) is 18.4 Å². The second-order valence-electron chi connectivity index (χ2n) is 7.69. The zero-order chi connectivity index (χ0) is 24.7. The Bertz CT molecular complexity index is 1230. The normalized spacial score (nSPS) is 11.0. The Hall–Kier alpha value is -1.89. The van der Waals surface area contributed by atoms with E-state index >= 15 is 0 Å². The number of anilines is 1. The van der Waals surface area contributed by atoms with E-state index in [1.165, 1.54) is 18.3 Å². The number of ether oxygens (including phenoxy) is 3. The number of hydrogen-bond donors (Lipinski definition) is 1. The molecule has 1 aromatic heterocycles. The van der Waals surface area contributed by atoms with Gasteiger partial charge in [0.1, 0.15) is 17.8 Å². The molecule has 1 N–H and O–H groups in total. The minimum absolute atomic E-state index is 0. The van der Waals surface area contributed by atoms with Crippen molar-refractivity contribution in [3.8, 4) is 17.4 Å². The van der Waals surface area contributed by atoms with E-state index in [2.05, 4.69) is 30.6 Å². The Balaban J connectivity index is 0.00000432. The van der Waals surface area contributed by atoms with E-state index in [9.17, 15) is 8.42 Å². The standard InChI is InChI=1S/C23H27BrN4O5S.Na/c1-16-5-8-18(9-6-16)34(29,30)27-22-23(26-21(24)14-25-22)33-15-17-7-10-19(31-4)20(13-17)32-12-11-28(2)3;/h5-10,13-14H,11-12,15H2,1-4H3,(H,25,27);/q;+1. The number of sulfonamides is 1. The van der Waals surface area contributed by atoms with Gasteiger partial charge in [-0.2, -0.15) is 0 Å². The fourth-order valence-corrected chi connectivity index (χ4v) is 4.11. The van der Waals surface area contributed by atoms with Crippen LogP contribution in [0.15, 0.2) is 58.2 Å². The van der Waals surface area contributed by atoms with Crippen LogP contribution in [0.3, 0.4) is 0 Å². The predicted octanol–water partition coefficient (Wildman–Crippen LogP) is 0.880. The van der Waals surface area contributed by atoms with Gasteiger partial charge in [-0.15, -0.1) is 0 Å². The summed E-state index contributed by atoms with van der Waals surface area (Å²) in [6.07, 6.45) is 1.39. The average Bonchev–Trinajstić information content (AvgIpc) is 2.79. The Morgan fingerprint density at radius 3 is 2.43 bits per heavy atom. The van der Waals surface area contributed by atoms with Crippen molar-refractivity contribution in [1.82, 2.24) is 14.9 Å². The third-order valence-corrected chi connectivity index (χ3v) is 6.41. The molecule has 0 radical (unpaired) electrons. The molecule has 0 amide bonds. The number of nitrogens with zero attached hydrogens (tertiary/aromatic N) is 3. The Morgan fingerprint density at radius 1 is 1.06 bits per heavy atom. The van der Waals surface area contributed by atoms with E-state index in [1.807, 2.05) is 38.1 Å². The largest absolute Gasteiger partial charge is 1.00 e. The first-order chi connectivity index (χ1) is 16.2. The van der Waals surface area contributed by atoms with Crippen LogP contribution in [-0.4, -0.2) is 57.6 Å². The van der Waals surface area contributed by atoms with Crippen LogP contribution in [0.4, 0.5) is 5.82 Å². The van der Waals surface area contributed by atoms with Crippen LogP contribution < -0.4 is 48.5 Å². The molecule has 35 heavy (non-hydrogen) atoms. The van der Waals surface area contributed by atoms with Gasteiger partial charge >= 0.3 is 29.6 Å². The van der Waals surface area contributed by atoms with Gasteiger partial charge in [-0.05, 0) is 66.8 Å². The van der Waals surface area contributed by atoms with Crippen molar-refractivity contribution in [1.29, 1.82) is 0 Å². The van der Waals surface area contributed by atoms with Crippen molar-refractivity contribution in [2.24, 2.45) is 0 Å². The summed E-state index contributed by atoms with van der Waals surface area (Å²) in [6, 6.07) is 11.9. The third kappa shape index (κ3) is 8.62. The first-order valence-corrected chi connectivity index (χ1v) is 12.6. The number of likely N-dealkylation sites (N-methyl/N-ethyl adjacent to an activating group) is 1. The van der Waals surface area contributed by atoms with Gasteiger partial charge in [0, 0.05) is 6.54 Å². The van der Waals surface area contributed by atoms with Crippen molar-refractivity contribution in [3.63, 3.8) is 0 Å². The van der Waals surface area contributed by atoms with Crippen LogP contribution in [0.5, 0.6) is 17.4 Å². The zero-order valence-corrected chi connectivity index (χ0v) is 24.8. The van der Waals surface area contributed by atoms with Crippen molar-refractivity contribution >= 4 is 31.8 Å². The number of aromatic nitrogens is 2. The molecule has 0 aliphatic carbocycles. The summed E-state index contributed by atoms with van der Waals surface area (Å²) in [6.45, 7) is 3.24. The van der Waals surface area contributed by atoms with E-state index in [4.69, 9.17) is 14.2 Å². The molecule has 12 heteroatoms. The first-order valence-electron chi connectivity index (χ1n) is 10.4. The summed E-state index contributed by atoms with van der Waals surface area (Å²) in [5.74, 6) is 1.22. The summed E-state index contributed by atoms with van der Waals surface area (Å²) >= 11 is 3.25.